The van der Waals surface area contributed by atoms with Crippen molar-refractivity contribution in [3.63, 3.8) is 0 Å². The van der Waals surface area contributed by atoms with Gasteiger partial charge in [-0.25, -0.2) is 4.39 Å². The average molecular weight is 371 g/mol. The molecule has 1 aliphatic heterocycles. The summed E-state index contributed by atoms with van der Waals surface area (Å²) in [4.78, 5) is 25.9. The zero-order valence-corrected chi connectivity index (χ0v) is 14.9. The number of amides is 2. The van der Waals surface area contributed by atoms with Crippen LogP contribution >= 0.6 is 0 Å². The molecule has 0 spiro atoms. The van der Waals surface area contributed by atoms with Crippen molar-refractivity contribution in [2.75, 3.05) is 20.8 Å². The largest absolute Gasteiger partial charge is 0.502 e. The molecule has 0 aliphatic carbocycles. The van der Waals surface area contributed by atoms with Crippen LogP contribution in [0.5, 0.6) is 11.5 Å². The van der Waals surface area contributed by atoms with Gasteiger partial charge in [0.25, 0.3) is 11.8 Å². The van der Waals surface area contributed by atoms with Gasteiger partial charge in [0.2, 0.25) is 0 Å². The van der Waals surface area contributed by atoms with Gasteiger partial charge in [-0.05, 0) is 41.8 Å². The van der Waals surface area contributed by atoms with Crippen molar-refractivity contribution in [1.29, 1.82) is 0 Å². The fraction of sp³-hybridized carbons (Fsp3) is 0.200. The van der Waals surface area contributed by atoms with Crippen LogP contribution in [0.2, 0.25) is 0 Å². The minimum atomic E-state index is -0.764. The molecular formula is C20H18FNO5. The topological polar surface area (TPSA) is 76.1 Å². The maximum atomic E-state index is 13.1. The van der Waals surface area contributed by atoms with Crippen LogP contribution in [-0.4, -0.2) is 42.6 Å². The number of imide groups is 1. The third-order valence-corrected chi connectivity index (χ3v) is 4.35. The summed E-state index contributed by atoms with van der Waals surface area (Å²) in [5.74, 6) is -1.35. The van der Waals surface area contributed by atoms with Crippen molar-refractivity contribution in [3.05, 3.63) is 65.2 Å². The number of aliphatic hydroxyl groups excluding tert-OH is 1. The summed E-state index contributed by atoms with van der Waals surface area (Å²) in [6.45, 7) is 0.0852. The van der Waals surface area contributed by atoms with Crippen LogP contribution in [-0.2, 0) is 16.0 Å². The van der Waals surface area contributed by atoms with E-state index in [4.69, 9.17) is 9.47 Å². The summed E-state index contributed by atoms with van der Waals surface area (Å²) in [6.07, 6.45) is 0.377. The number of hydrogen-bond donors (Lipinski definition) is 1. The second-order valence-corrected chi connectivity index (χ2v) is 5.93. The second kappa shape index (κ2) is 7.49. The molecule has 0 unspecified atom stereocenters. The minimum Gasteiger partial charge on any atom is -0.502 e. The fourth-order valence-electron chi connectivity index (χ4n) is 2.92. The molecule has 0 atom stereocenters. The molecule has 2 aromatic rings. The molecule has 0 saturated carbocycles. The molecule has 0 bridgehead atoms. The van der Waals surface area contributed by atoms with Crippen LogP contribution in [0, 0.1) is 5.82 Å². The molecule has 0 saturated heterocycles. The molecule has 0 fully saturated rings. The Morgan fingerprint density at radius 3 is 2.26 bits per heavy atom. The zero-order chi connectivity index (χ0) is 19.6. The van der Waals surface area contributed by atoms with Gasteiger partial charge in [0.1, 0.15) is 5.82 Å². The van der Waals surface area contributed by atoms with Crippen LogP contribution in [0.15, 0.2) is 48.2 Å². The zero-order valence-electron chi connectivity index (χ0n) is 14.9. The van der Waals surface area contributed by atoms with E-state index in [0.717, 1.165) is 10.5 Å². The number of halogens is 1. The number of aliphatic hydroxyl groups is 1. The number of rotatable bonds is 6. The van der Waals surface area contributed by atoms with E-state index < -0.39 is 23.4 Å². The molecule has 27 heavy (non-hydrogen) atoms. The number of nitrogens with zero attached hydrogens (tertiary/aromatic N) is 1. The van der Waals surface area contributed by atoms with E-state index in [9.17, 15) is 19.1 Å². The molecule has 7 heteroatoms. The highest BCUT2D eigenvalue weighted by Gasteiger charge is 2.38. The van der Waals surface area contributed by atoms with Crippen molar-refractivity contribution in [2.24, 2.45) is 0 Å². The first-order valence-corrected chi connectivity index (χ1v) is 8.22. The lowest BCUT2D eigenvalue weighted by molar-refractivity contribution is -0.138. The number of benzene rings is 2. The summed E-state index contributed by atoms with van der Waals surface area (Å²) in [5.41, 5.74) is 1.01. The molecular weight excluding hydrogens is 353 g/mol. The molecule has 6 nitrogen and oxygen atoms in total. The smallest absolute Gasteiger partial charge is 0.296 e. The Morgan fingerprint density at radius 2 is 1.63 bits per heavy atom. The Morgan fingerprint density at radius 1 is 0.963 bits per heavy atom. The monoisotopic (exact) mass is 371 g/mol. The van der Waals surface area contributed by atoms with E-state index >= 15 is 0 Å². The summed E-state index contributed by atoms with van der Waals surface area (Å²) in [6, 6.07) is 10.3. The Hall–Kier alpha value is -3.35. The first kappa shape index (κ1) is 18.4. The van der Waals surface area contributed by atoms with Gasteiger partial charge in [-0.3, -0.25) is 14.5 Å². The van der Waals surface area contributed by atoms with Gasteiger partial charge in [-0.15, -0.1) is 0 Å². The Balaban J connectivity index is 1.77. The van der Waals surface area contributed by atoms with Crippen LogP contribution in [0.1, 0.15) is 11.1 Å². The van der Waals surface area contributed by atoms with Crippen molar-refractivity contribution in [1.82, 2.24) is 4.90 Å². The van der Waals surface area contributed by atoms with Gasteiger partial charge in [0.05, 0.1) is 19.8 Å². The van der Waals surface area contributed by atoms with Crippen LogP contribution in [0.25, 0.3) is 5.57 Å². The van der Waals surface area contributed by atoms with Crippen molar-refractivity contribution in [2.45, 2.75) is 6.42 Å². The van der Waals surface area contributed by atoms with Gasteiger partial charge in [-0.2, -0.15) is 0 Å². The summed E-state index contributed by atoms with van der Waals surface area (Å²) in [5, 5.41) is 10.1. The quantitative estimate of drug-likeness (QED) is 0.790. The standard InChI is InChI=1S/C20H18FNO5/c1-26-15-8-3-12(11-16(15)27-2)9-10-22-19(24)17(18(23)20(22)25)13-4-6-14(21)7-5-13/h3-8,11,23H,9-10H2,1-2H3. The number of ether oxygens (including phenoxy) is 2. The van der Waals surface area contributed by atoms with Crippen molar-refractivity contribution in [3.8, 4) is 11.5 Å². The van der Waals surface area contributed by atoms with Crippen LogP contribution < -0.4 is 9.47 Å². The second-order valence-electron chi connectivity index (χ2n) is 5.93. The molecule has 2 amide bonds. The van der Waals surface area contributed by atoms with E-state index in [1.165, 1.54) is 38.5 Å². The normalized spacial score (nSPS) is 14.1. The SMILES string of the molecule is COc1ccc(CCN2C(=O)C(O)=C(c3ccc(F)cc3)C2=O)cc1OC. The number of carbonyl (C=O) groups is 2. The highest BCUT2D eigenvalue weighted by molar-refractivity contribution is 6.34. The first-order valence-electron chi connectivity index (χ1n) is 8.22. The van der Waals surface area contributed by atoms with Crippen molar-refractivity contribution < 1.29 is 28.6 Å². The maximum Gasteiger partial charge on any atom is 0.296 e. The summed E-state index contributed by atoms with van der Waals surface area (Å²) < 4.78 is 23.5. The lowest BCUT2D eigenvalue weighted by atomic mass is 10.1. The van der Waals surface area contributed by atoms with E-state index in [-0.39, 0.29) is 12.1 Å². The summed E-state index contributed by atoms with van der Waals surface area (Å²) in [7, 11) is 3.05. The molecule has 3 rings (SSSR count). The molecule has 1 aliphatic rings. The first-order chi connectivity index (χ1) is 13.0. The predicted molar refractivity (Wildman–Crippen MR) is 95.9 cm³/mol. The third-order valence-electron chi connectivity index (χ3n) is 4.35. The number of methoxy groups -OCH3 is 2. The van der Waals surface area contributed by atoms with E-state index in [2.05, 4.69) is 0 Å². The van der Waals surface area contributed by atoms with Gasteiger partial charge in [0.15, 0.2) is 17.3 Å². The molecule has 0 aromatic heterocycles. The Bertz CT molecular complexity index is 920. The fourth-order valence-corrected chi connectivity index (χ4v) is 2.92. The molecule has 1 N–H and O–H groups in total. The number of hydrogen-bond acceptors (Lipinski definition) is 5. The van der Waals surface area contributed by atoms with Crippen molar-refractivity contribution >= 4 is 17.4 Å². The maximum absolute atomic E-state index is 13.1. The van der Waals surface area contributed by atoms with Crippen LogP contribution in [0.4, 0.5) is 4.39 Å². The highest BCUT2D eigenvalue weighted by Crippen LogP contribution is 2.30. The molecule has 0 radical (unpaired) electrons. The molecule has 140 valence electrons. The van der Waals surface area contributed by atoms with Gasteiger partial charge in [-0.1, -0.05) is 18.2 Å². The third kappa shape index (κ3) is 3.48. The van der Waals surface area contributed by atoms with E-state index in [0.29, 0.717) is 23.5 Å². The van der Waals surface area contributed by atoms with Crippen LogP contribution in [0.3, 0.4) is 0 Å². The lowest BCUT2D eigenvalue weighted by Gasteiger charge is -2.15. The average Bonchev–Trinajstić information content (AvgIpc) is 2.89. The number of carbonyl (C=O) groups excluding carboxylic acids is 2. The highest BCUT2D eigenvalue weighted by atomic mass is 19.1. The summed E-state index contributed by atoms with van der Waals surface area (Å²) >= 11 is 0. The minimum absolute atomic E-state index is 0.0852. The Labute approximate surface area is 155 Å². The Kier molecular flexibility index (Phi) is 5.12. The molecule has 1 heterocycles. The van der Waals surface area contributed by atoms with Gasteiger partial charge < -0.3 is 14.6 Å². The van der Waals surface area contributed by atoms with Gasteiger partial charge >= 0.3 is 0 Å². The lowest BCUT2D eigenvalue weighted by Crippen LogP contribution is -2.33. The van der Waals surface area contributed by atoms with E-state index in [1.807, 2.05) is 0 Å². The predicted octanol–water partition coefficient (Wildman–Crippen LogP) is 2.72. The van der Waals surface area contributed by atoms with E-state index in [1.54, 1.807) is 18.2 Å². The van der Waals surface area contributed by atoms with Gasteiger partial charge in [0, 0.05) is 6.54 Å². The molecule has 2 aromatic carbocycles.